The summed E-state index contributed by atoms with van der Waals surface area (Å²) in [4.78, 5) is 2.53. The van der Waals surface area contributed by atoms with Gasteiger partial charge in [0.15, 0.2) is 0 Å². The van der Waals surface area contributed by atoms with Gasteiger partial charge in [-0.1, -0.05) is 22.9 Å². The van der Waals surface area contributed by atoms with E-state index in [9.17, 15) is 0 Å². The molecular formula is C15H23BrN2. The average Bonchev–Trinajstić information content (AvgIpc) is 2.34. The molecule has 1 saturated heterocycles. The molecular weight excluding hydrogens is 288 g/mol. The van der Waals surface area contributed by atoms with Gasteiger partial charge in [0.05, 0.1) is 0 Å². The largest absolute Gasteiger partial charge is 0.382 e. The van der Waals surface area contributed by atoms with Crippen LogP contribution in [-0.4, -0.2) is 30.6 Å². The topological polar surface area (TPSA) is 15.3 Å². The number of rotatable bonds is 3. The van der Waals surface area contributed by atoms with Crippen LogP contribution in [0.3, 0.4) is 0 Å². The molecule has 0 unspecified atom stereocenters. The molecule has 0 aliphatic carbocycles. The minimum atomic E-state index is 0.631. The number of likely N-dealkylation sites (tertiary alicyclic amines) is 1. The van der Waals surface area contributed by atoms with Crippen LogP contribution in [0.1, 0.15) is 30.9 Å². The van der Waals surface area contributed by atoms with E-state index in [4.69, 9.17) is 0 Å². The van der Waals surface area contributed by atoms with Crippen LogP contribution >= 0.6 is 15.9 Å². The maximum absolute atomic E-state index is 3.74. The van der Waals surface area contributed by atoms with Crippen LogP contribution in [0.5, 0.6) is 0 Å². The summed E-state index contributed by atoms with van der Waals surface area (Å²) >= 11 is 3.56. The lowest BCUT2D eigenvalue weighted by Crippen LogP contribution is -2.39. The van der Waals surface area contributed by atoms with Crippen molar-refractivity contribution >= 4 is 21.6 Å². The standard InChI is InChI=1S/C15H23BrN2/c1-4-18-7-5-14(6-8-18)17-15-11(2)9-13(16)10-12(15)3/h9-10,14,17H,4-8H2,1-3H3. The molecule has 0 radical (unpaired) electrons. The Morgan fingerprint density at radius 1 is 1.22 bits per heavy atom. The van der Waals surface area contributed by atoms with Gasteiger partial charge in [0.2, 0.25) is 0 Å². The van der Waals surface area contributed by atoms with E-state index in [1.807, 2.05) is 0 Å². The Bertz CT molecular complexity index is 386. The van der Waals surface area contributed by atoms with Crippen molar-refractivity contribution < 1.29 is 0 Å². The zero-order valence-corrected chi connectivity index (χ0v) is 13.2. The molecule has 1 heterocycles. The van der Waals surface area contributed by atoms with Crippen LogP contribution in [0.15, 0.2) is 16.6 Å². The highest BCUT2D eigenvalue weighted by Crippen LogP contribution is 2.27. The first-order valence-electron chi connectivity index (χ1n) is 6.85. The fourth-order valence-electron chi connectivity index (χ4n) is 2.74. The quantitative estimate of drug-likeness (QED) is 0.909. The van der Waals surface area contributed by atoms with Crippen molar-refractivity contribution in [2.45, 2.75) is 39.7 Å². The number of nitrogens with zero attached hydrogens (tertiary/aromatic N) is 1. The predicted octanol–water partition coefficient (Wildman–Crippen LogP) is 3.96. The highest BCUT2D eigenvalue weighted by Gasteiger charge is 2.18. The smallest absolute Gasteiger partial charge is 0.0402 e. The minimum Gasteiger partial charge on any atom is -0.382 e. The van der Waals surface area contributed by atoms with E-state index in [0.717, 1.165) is 0 Å². The lowest BCUT2D eigenvalue weighted by Gasteiger charge is -2.32. The van der Waals surface area contributed by atoms with Crippen LogP contribution in [-0.2, 0) is 0 Å². The summed E-state index contributed by atoms with van der Waals surface area (Å²) in [5, 5.41) is 3.74. The van der Waals surface area contributed by atoms with Gasteiger partial charge in [-0.2, -0.15) is 0 Å². The van der Waals surface area contributed by atoms with Gasteiger partial charge in [-0.3, -0.25) is 0 Å². The SMILES string of the molecule is CCN1CCC(Nc2c(C)cc(Br)cc2C)CC1. The Kier molecular flexibility index (Phi) is 4.68. The monoisotopic (exact) mass is 310 g/mol. The van der Waals surface area contributed by atoms with E-state index in [1.165, 1.54) is 53.8 Å². The van der Waals surface area contributed by atoms with Crippen LogP contribution in [0.25, 0.3) is 0 Å². The van der Waals surface area contributed by atoms with Crippen molar-refractivity contribution in [1.29, 1.82) is 0 Å². The van der Waals surface area contributed by atoms with Crippen LogP contribution in [0.2, 0.25) is 0 Å². The Hall–Kier alpha value is -0.540. The Balaban J connectivity index is 2.02. The Morgan fingerprint density at radius 2 is 1.78 bits per heavy atom. The van der Waals surface area contributed by atoms with Crippen LogP contribution in [0, 0.1) is 13.8 Å². The molecule has 0 saturated carbocycles. The number of anilines is 1. The van der Waals surface area contributed by atoms with E-state index in [2.05, 4.69) is 59.1 Å². The molecule has 100 valence electrons. The molecule has 1 aromatic rings. The number of nitrogens with one attached hydrogen (secondary N) is 1. The molecule has 2 nitrogen and oxygen atoms in total. The average molecular weight is 311 g/mol. The fraction of sp³-hybridized carbons (Fsp3) is 0.600. The second kappa shape index (κ2) is 6.07. The van der Waals surface area contributed by atoms with Gasteiger partial charge in [0.25, 0.3) is 0 Å². The molecule has 18 heavy (non-hydrogen) atoms. The van der Waals surface area contributed by atoms with Gasteiger partial charge in [-0.05, 0) is 56.5 Å². The third-order valence-corrected chi connectivity index (χ3v) is 4.34. The number of piperidine rings is 1. The van der Waals surface area contributed by atoms with Crippen molar-refractivity contribution in [3.63, 3.8) is 0 Å². The second-order valence-corrected chi connectivity index (χ2v) is 6.18. The molecule has 0 bridgehead atoms. The minimum absolute atomic E-state index is 0.631. The van der Waals surface area contributed by atoms with Gasteiger partial charge in [0.1, 0.15) is 0 Å². The van der Waals surface area contributed by atoms with E-state index in [0.29, 0.717) is 6.04 Å². The highest BCUT2D eigenvalue weighted by atomic mass is 79.9. The maximum Gasteiger partial charge on any atom is 0.0402 e. The summed E-state index contributed by atoms with van der Waals surface area (Å²) in [5.74, 6) is 0. The molecule has 0 spiro atoms. The van der Waals surface area contributed by atoms with Gasteiger partial charge in [-0.15, -0.1) is 0 Å². The first-order valence-corrected chi connectivity index (χ1v) is 7.65. The van der Waals surface area contributed by atoms with Crippen LogP contribution in [0.4, 0.5) is 5.69 Å². The summed E-state index contributed by atoms with van der Waals surface area (Å²) < 4.78 is 1.17. The molecule has 1 aliphatic rings. The van der Waals surface area contributed by atoms with Gasteiger partial charge in [-0.25, -0.2) is 0 Å². The third-order valence-electron chi connectivity index (χ3n) is 3.88. The van der Waals surface area contributed by atoms with Crippen LogP contribution < -0.4 is 5.32 Å². The highest BCUT2D eigenvalue weighted by molar-refractivity contribution is 9.10. The number of halogens is 1. The number of hydrogen-bond acceptors (Lipinski definition) is 2. The van der Waals surface area contributed by atoms with Crippen molar-refractivity contribution in [3.8, 4) is 0 Å². The van der Waals surface area contributed by atoms with Gasteiger partial charge < -0.3 is 10.2 Å². The van der Waals surface area contributed by atoms with Crippen molar-refractivity contribution in [3.05, 3.63) is 27.7 Å². The number of benzene rings is 1. The van der Waals surface area contributed by atoms with Gasteiger partial charge >= 0.3 is 0 Å². The van der Waals surface area contributed by atoms with Crippen molar-refractivity contribution in [1.82, 2.24) is 4.90 Å². The molecule has 1 N–H and O–H groups in total. The maximum atomic E-state index is 3.74. The lowest BCUT2D eigenvalue weighted by atomic mass is 10.0. The Labute approximate surface area is 119 Å². The molecule has 1 aliphatic heterocycles. The Morgan fingerprint density at radius 3 is 2.28 bits per heavy atom. The van der Waals surface area contributed by atoms with Crippen molar-refractivity contribution in [2.24, 2.45) is 0 Å². The second-order valence-electron chi connectivity index (χ2n) is 5.27. The van der Waals surface area contributed by atoms with E-state index >= 15 is 0 Å². The molecule has 2 rings (SSSR count). The third kappa shape index (κ3) is 3.27. The summed E-state index contributed by atoms with van der Waals surface area (Å²) in [6.45, 7) is 10.2. The summed E-state index contributed by atoms with van der Waals surface area (Å²) in [6.07, 6.45) is 2.51. The van der Waals surface area contributed by atoms with Gasteiger partial charge in [0, 0.05) is 29.3 Å². The zero-order chi connectivity index (χ0) is 13.1. The molecule has 1 fully saturated rings. The van der Waals surface area contributed by atoms with E-state index in [1.54, 1.807) is 0 Å². The fourth-order valence-corrected chi connectivity index (χ4v) is 3.42. The van der Waals surface area contributed by atoms with E-state index < -0.39 is 0 Å². The lowest BCUT2D eigenvalue weighted by molar-refractivity contribution is 0.229. The summed E-state index contributed by atoms with van der Waals surface area (Å²) in [5.41, 5.74) is 3.99. The molecule has 0 amide bonds. The summed E-state index contributed by atoms with van der Waals surface area (Å²) in [6, 6.07) is 5.01. The predicted molar refractivity (Wildman–Crippen MR) is 82.4 cm³/mol. The van der Waals surface area contributed by atoms with E-state index in [-0.39, 0.29) is 0 Å². The summed E-state index contributed by atoms with van der Waals surface area (Å²) in [7, 11) is 0. The van der Waals surface area contributed by atoms with Crippen molar-refractivity contribution in [2.75, 3.05) is 25.0 Å². The first kappa shape index (κ1) is 13.9. The number of hydrogen-bond donors (Lipinski definition) is 1. The molecule has 1 aromatic carbocycles. The molecule has 0 atom stereocenters. The molecule has 0 aromatic heterocycles. The number of aryl methyl sites for hydroxylation is 2. The first-order chi connectivity index (χ1) is 8.60. The normalized spacial score (nSPS) is 18.0. The molecule has 3 heteroatoms. The zero-order valence-electron chi connectivity index (χ0n) is 11.6.